The van der Waals surface area contributed by atoms with Crippen molar-refractivity contribution >= 4 is 49.5 Å². The molecule has 0 aliphatic carbocycles. The summed E-state index contributed by atoms with van der Waals surface area (Å²) in [7, 11) is 0. The molecule has 7 heteroatoms. The van der Waals surface area contributed by atoms with Crippen molar-refractivity contribution in [2.24, 2.45) is 0 Å². The van der Waals surface area contributed by atoms with Crippen molar-refractivity contribution in [2.45, 2.75) is 26.3 Å². The summed E-state index contributed by atoms with van der Waals surface area (Å²) < 4.78 is 1.72. The molecule has 0 aromatic heterocycles. The standard InChI is InChI=1S/C12H16Br2N4O/c1-12(2,3)18-11(19)17-10(15)16-9-5-4-7(13)6-8(9)14/h4-6H,1-3H3,(H4,15,16,17,18,19). The molecular formula is C12H16Br2N4O. The van der Waals surface area contributed by atoms with Crippen LogP contribution < -0.4 is 16.0 Å². The maximum Gasteiger partial charge on any atom is 0.321 e. The first-order valence-electron chi connectivity index (χ1n) is 5.57. The van der Waals surface area contributed by atoms with Gasteiger partial charge >= 0.3 is 6.03 Å². The highest BCUT2D eigenvalue weighted by molar-refractivity contribution is 9.11. The van der Waals surface area contributed by atoms with Crippen molar-refractivity contribution in [3.8, 4) is 0 Å². The third kappa shape index (κ3) is 6.07. The first kappa shape index (κ1) is 16.0. The number of hydrogen-bond acceptors (Lipinski definition) is 2. The van der Waals surface area contributed by atoms with Crippen LogP contribution >= 0.6 is 31.9 Å². The van der Waals surface area contributed by atoms with E-state index in [4.69, 9.17) is 5.41 Å². The lowest BCUT2D eigenvalue weighted by Crippen LogP contribution is -2.49. The fourth-order valence-corrected chi connectivity index (χ4v) is 2.39. The molecule has 1 aromatic rings. The molecule has 4 N–H and O–H groups in total. The second-order valence-corrected chi connectivity index (χ2v) is 6.72. The SMILES string of the molecule is CC(C)(C)NC(=O)NC(=N)Nc1ccc(Br)cc1Br. The number of halogens is 2. The first-order valence-corrected chi connectivity index (χ1v) is 7.16. The monoisotopic (exact) mass is 390 g/mol. The van der Waals surface area contributed by atoms with Crippen LogP contribution in [0.5, 0.6) is 0 Å². The normalized spacial score (nSPS) is 10.8. The lowest BCUT2D eigenvalue weighted by atomic mass is 10.1. The molecule has 0 aliphatic heterocycles. The average Bonchev–Trinajstić information content (AvgIpc) is 2.19. The van der Waals surface area contributed by atoms with Crippen LogP contribution in [0.2, 0.25) is 0 Å². The van der Waals surface area contributed by atoms with Crippen LogP contribution in [0.4, 0.5) is 10.5 Å². The fraction of sp³-hybridized carbons (Fsp3) is 0.333. The highest BCUT2D eigenvalue weighted by Crippen LogP contribution is 2.25. The largest absolute Gasteiger partial charge is 0.333 e. The van der Waals surface area contributed by atoms with Crippen LogP contribution in [-0.4, -0.2) is 17.5 Å². The van der Waals surface area contributed by atoms with E-state index in [-0.39, 0.29) is 11.5 Å². The van der Waals surface area contributed by atoms with Gasteiger partial charge in [0.05, 0.1) is 5.69 Å². The van der Waals surface area contributed by atoms with E-state index < -0.39 is 6.03 Å². The van der Waals surface area contributed by atoms with Gasteiger partial charge in [-0.05, 0) is 54.9 Å². The lowest BCUT2D eigenvalue weighted by Gasteiger charge is -2.21. The molecule has 0 radical (unpaired) electrons. The summed E-state index contributed by atoms with van der Waals surface area (Å²) in [5.74, 6) is -0.0928. The predicted octanol–water partition coefficient (Wildman–Crippen LogP) is 3.66. The van der Waals surface area contributed by atoms with E-state index in [1.54, 1.807) is 6.07 Å². The maximum atomic E-state index is 11.6. The van der Waals surface area contributed by atoms with E-state index in [0.29, 0.717) is 5.69 Å². The molecule has 104 valence electrons. The summed E-state index contributed by atoms with van der Waals surface area (Å²) in [5.41, 5.74) is 0.354. The Bertz CT molecular complexity index is 497. The Kier molecular flexibility index (Phi) is 5.37. The minimum Gasteiger partial charge on any atom is -0.333 e. The van der Waals surface area contributed by atoms with Gasteiger partial charge in [0, 0.05) is 14.5 Å². The molecular weight excluding hydrogens is 376 g/mol. The molecule has 0 saturated heterocycles. The molecule has 0 spiro atoms. The Morgan fingerprint density at radius 1 is 1.26 bits per heavy atom. The second kappa shape index (κ2) is 6.38. The summed E-state index contributed by atoms with van der Waals surface area (Å²) >= 11 is 6.72. The second-order valence-electron chi connectivity index (χ2n) is 4.95. The number of benzene rings is 1. The van der Waals surface area contributed by atoms with Crippen LogP contribution in [-0.2, 0) is 0 Å². The molecule has 0 heterocycles. The smallest absolute Gasteiger partial charge is 0.321 e. The van der Waals surface area contributed by atoms with Gasteiger partial charge < -0.3 is 10.6 Å². The molecule has 0 atom stereocenters. The summed E-state index contributed by atoms with van der Waals surface area (Å²) in [6.45, 7) is 5.61. The Hall–Kier alpha value is -1.08. The molecule has 0 fully saturated rings. The number of guanidine groups is 1. The van der Waals surface area contributed by atoms with Crippen molar-refractivity contribution in [3.05, 3.63) is 27.1 Å². The summed E-state index contributed by atoms with van der Waals surface area (Å²) in [5, 5.41) is 15.6. The molecule has 1 aromatic carbocycles. The number of rotatable bonds is 1. The summed E-state index contributed by atoms with van der Waals surface area (Å²) in [4.78, 5) is 11.6. The molecule has 19 heavy (non-hydrogen) atoms. The van der Waals surface area contributed by atoms with Crippen molar-refractivity contribution < 1.29 is 4.79 Å². The van der Waals surface area contributed by atoms with Crippen molar-refractivity contribution in [1.82, 2.24) is 10.6 Å². The molecule has 5 nitrogen and oxygen atoms in total. The third-order valence-corrected chi connectivity index (χ3v) is 3.07. The van der Waals surface area contributed by atoms with E-state index in [1.165, 1.54) is 0 Å². The van der Waals surface area contributed by atoms with E-state index in [2.05, 4.69) is 47.8 Å². The van der Waals surface area contributed by atoms with Crippen molar-refractivity contribution in [1.29, 1.82) is 5.41 Å². The van der Waals surface area contributed by atoms with Gasteiger partial charge in [0.1, 0.15) is 0 Å². The van der Waals surface area contributed by atoms with Crippen molar-refractivity contribution in [2.75, 3.05) is 5.32 Å². The average molecular weight is 392 g/mol. The Morgan fingerprint density at radius 3 is 2.42 bits per heavy atom. The zero-order valence-electron chi connectivity index (χ0n) is 10.9. The van der Waals surface area contributed by atoms with Crippen LogP contribution in [0, 0.1) is 5.41 Å². The van der Waals surface area contributed by atoms with Gasteiger partial charge in [-0.25, -0.2) is 4.79 Å². The first-order chi connectivity index (χ1) is 8.67. The molecule has 0 saturated carbocycles. The van der Waals surface area contributed by atoms with Crippen LogP contribution in [0.25, 0.3) is 0 Å². The molecule has 1 rings (SSSR count). The Labute approximate surface area is 129 Å². The number of carbonyl (C=O) groups excluding carboxylic acids is 1. The lowest BCUT2D eigenvalue weighted by molar-refractivity contribution is 0.236. The van der Waals surface area contributed by atoms with E-state index in [1.807, 2.05) is 32.9 Å². The van der Waals surface area contributed by atoms with Crippen LogP contribution in [0.3, 0.4) is 0 Å². The molecule has 2 amide bonds. The minimum absolute atomic E-state index is 0.0928. The van der Waals surface area contributed by atoms with Crippen molar-refractivity contribution in [3.63, 3.8) is 0 Å². The van der Waals surface area contributed by atoms with Gasteiger partial charge in [0.15, 0.2) is 0 Å². The summed E-state index contributed by atoms with van der Waals surface area (Å²) in [6.07, 6.45) is 0. The summed E-state index contributed by atoms with van der Waals surface area (Å²) in [6, 6.07) is 5.07. The number of hydrogen-bond donors (Lipinski definition) is 4. The van der Waals surface area contributed by atoms with E-state index in [0.717, 1.165) is 8.95 Å². The number of carbonyl (C=O) groups is 1. The molecule has 0 bridgehead atoms. The van der Waals surface area contributed by atoms with Gasteiger partial charge in [-0.15, -0.1) is 0 Å². The topological polar surface area (TPSA) is 77.0 Å². The minimum atomic E-state index is -0.418. The number of nitrogens with one attached hydrogen (secondary N) is 4. The van der Waals surface area contributed by atoms with E-state index >= 15 is 0 Å². The highest BCUT2D eigenvalue weighted by Gasteiger charge is 2.14. The predicted molar refractivity (Wildman–Crippen MR) is 84.6 cm³/mol. The van der Waals surface area contributed by atoms with E-state index in [9.17, 15) is 4.79 Å². The Morgan fingerprint density at radius 2 is 1.89 bits per heavy atom. The van der Waals surface area contributed by atoms with Crippen LogP contribution in [0.1, 0.15) is 20.8 Å². The zero-order chi connectivity index (χ0) is 14.6. The van der Waals surface area contributed by atoms with Gasteiger partial charge in [0.2, 0.25) is 5.96 Å². The highest BCUT2D eigenvalue weighted by atomic mass is 79.9. The van der Waals surface area contributed by atoms with Gasteiger partial charge in [-0.3, -0.25) is 10.7 Å². The van der Waals surface area contributed by atoms with Gasteiger partial charge in [0.25, 0.3) is 0 Å². The number of amides is 2. The Balaban J connectivity index is 2.58. The quantitative estimate of drug-likeness (QED) is 0.435. The zero-order valence-corrected chi connectivity index (χ0v) is 14.1. The third-order valence-electron chi connectivity index (χ3n) is 1.92. The van der Waals surface area contributed by atoms with Gasteiger partial charge in [-0.1, -0.05) is 15.9 Å². The number of urea groups is 1. The molecule has 0 aliphatic rings. The fourth-order valence-electron chi connectivity index (χ4n) is 1.24. The molecule has 0 unspecified atom stereocenters. The van der Waals surface area contributed by atoms with Gasteiger partial charge in [-0.2, -0.15) is 0 Å². The number of anilines is 1. The maximum absolute atomic E-state index is 11.6. The van der Waals surface area contributed by atoms with Crippen LogP contribution in [0.15, 0.2) is 27.1 Å².